The van der Waals surface area contributed by atoms with Crippen LogP contribution in [0.5, 0.6) is 5.75 Å². The fourth-order valence-corrected chi connectivity index (χ4v) is 4.68. The lowest BCUT2D eigenvalue weighted by molar-refractivity contribution is -0.307. The van der Waals surface area contributed by atoms with Gasteiger partial charge in [0.15, 0.2) is 5.76 Å². The van der Waals surface area contributed by atoms with E-state index in [1.165, 1.54) is 11.1 Å². The van der Waals surface area contributed by atoms with E-state index in [1.807, 2.05) is 18.2 Å². The Morgan fingerprint density at radius 2 is 1.69 bits per heavy atom. The van der Waals surface area contributed by atoms with Gasteiger partial charge in [0.05, 0.1) is 5.97 Å². The van der Waals surface area contributed by atoms with Crippen LogP contribution in [0.3, 0.4) is 0 Å². The van der Waals surface area contributed by atoms with E-state index < -0.39 is 12.6 Å². The van der Waals surface area contributed by atoms with Gasteiger partial charge in [-0.05, 0) is 56.7 Å². The topological polar surface area (TPSA) is 75.4 Å². The number of benzene rings is 3. The molecular formula is C31H28NO4-. The third-order valence-electron chi connectivity index (χ3n) is 6.57. The van der Waals surface area contributed by atoms with E-state index in [0.717, 1.165) is 53.0 Å². The van der Waals surface area contributed by atoms with E-state index in [0.29, 0.717) is 11.6 Å². The van der Waals surface area contributed by atoms with Gasteiger partial charge in [0.1, 0.15) is 18.1 Å². The number of carboxylic acid groups (broad SMARTS) is 1. The minimum Gasteiger partial charge on any atom is -0.546 e. The van der Waals surface area contributed by atoms with E-state index >= 15 is 0 Å². The minimum absolute atomic E-state index is 0.247. The maximum absolute atomic E-state index is 10.7. The van der Waals surface area contributed by atoms with E-state index in [4.69, 9.17) is 14.1 Å². The van der Waals surface area contributed by atoms with Gasteiger partial charge in [-0.2, -0.15) is 0 Å². The monoisotopic (exact) mass is 478 g/mol. The zero-order valence-corrected chi connectivity index (χ0v) is 20.5. The second-order valence-electron chi connectivity index (χ2n) is 9.37. The average molecular weight is 479 g/mol. The molecule has 3 aromatic carbocycles. The molecule has 182 valence electrons. The first-order chi connectivity index (χ1) is 17.5. The van der Waals surface area contributed by atoms with Gasteiger partial charge < -0.3 is 19.1 Å². The summed E-state index contributed by atoms with van der Waals surface area (Å²) in [5, 5.41) is 10.7. The van der Waals surface area contributed by atoms with Crippen LogP contribution in [-0.4, -0.2) is 17.6 Å². The Morgan fingerprint density at radius 3 is 2.39 bits per heavy atom. The summed E-state index contributed by atoms with van der Waals surface area (Å²) in [6.07, 6.45) is 4.98. The summed E-state index contributed by atoms with van der Waals surface area (Å²) in [6.45, 7) is 3.69. The molecule has 1 heterocycles. The van der Waals surface area contributed by atoms with Gasteiger partial charge >= 0.3 is 0 Å². The first kappa shape index (κ1) is 23.6. The molecule has 0 saturated carbocycles. The van der Waals surface area contributed by atoms with Crippen LogP contribution in [0.15, 0.2) is 83.3 Å². The Morgan fingerprint density at radius 1 is 1.00 bits per heavy atom. The summed E-state index contributed by atoms with van der Waals surface area (Å²) in [6, 6.07) is 24.3. The van der Waals surface area contributed by atoms with Crippen molar-refractivity contribution in [2.45, 2.75) is 33.1 Å². The molecule has 0 amide bonds. The molecule has 0 aliphatic heterocycles. The molecule has 0 radical (unpaired) electrons. The first-order valence-electron chi connectivity index (χ1n) is 12.2. The number of carbonyl (C=O) groups excluding carboxylic acids is 1. The molecule has 1 aliphatic carbocycles. The fraction of sp³-hybridized carbons (Fsp3) is 0.226. The lowest BCUT2D eigenvalue weighted by Crippen LogP contribution is -2.28. The standard InChI is InChI=1S/C31H29NO4/c1-20-9-13-23(14-10-20)29-30(24-15-11-21(2)12-16-24)36-31(32-29)27-8-4-6-25(27)17-22-5-3-7-26(18-22)35-19-28(33)34/h3,5,7-16,18,25H,4,6,17,19H2,1-2H3,(H,33,34)/p-1. The SMILES string of the molecule is Cc1ccc(-c2nc(C3=CCCC3Cc3cccc(OCC(=O)[O-])c3)oc2-c2ccc(C)cc2)cc1. The molecule has 5 heteroatoms. The zero-order valence-electron chi connectivity index (χ0n) is 20.5. The highest BCUT2D eigenvalue weighted by molar-refractivity contribution is 5.79. The summed E-state index contributed by atoms with van der Waals surface area (Å²) in [5.41, 5.74) is 7.46. The number of nitrogens with zero attached hydrogens (tertiary/aromatic N) is 1. The van der Waals surface area contributed by atoms with Gasteiger partial charge in [0, 0.05) is 16.7 Å². The van der Waals surface area contributed by atoms with Crippen molar-refractivity contribution in [3.63, 3.8) is 0 Å². The van der Waals surface area contributed by atoms with Gasteiger partial charge in [-0.3, -0.25) is 0 Å². The van der Waals surface area contributed by atoms with Gasteiger partial charge in [0.2, 0.25) is 5.89 Å². The van der Waals surface area contributed by atoms with Crippen LogP contribution in [-0.2, 0) is 11.2 Å². The predicted octanol–water partition coefficient (Wildman–Crippen LogP) is 5.79. The molecule has 0 saturated heterocycles. The quantitative estimate of drug-likeness (QED) is 0.320. The number of ether oxygens (including phenoxy) is 1. The molecule has 1 unspecified atom stereocenters. The number of hydrogen-bond donors (Lipinski definition) is 0. The van der Waals surface area contributed by atoms with Crippen molar-refractivity contribution >= 4 is 11.5 Å². The number of carbonyl (C=O) groups is 1. The smallest absolute Gasteiger partial charge is 0.223 e. The highest BCUT2D eigenvalue weighted by Gasteiger charge is 2.27. The summed E-state index contributed by atoms with van der Waals surface area (Å²) >= 11 is 0. The number of oxazole rings is 1. The van der Waals surface area contributed by atoms with E-state index in [-0.39, 0.29) is 5.92 Å². The Hall–Kier alpha value is -4.12. The molecular weight excluding hydrogens is 450 g/mol. The summed E-state index contributed by atoms with van der Waals surface area (Å²) in [7, 11) is 0. The van der Waals surface area contributed by atoms with Gasteiger partial charge in [0.25, 0.3) is 0 Å². The normalized spacial score (nSPS) is 15.1. The van der Waals surface area contributed by atoms with Crippen LogP contribution in [0.25, 0.3) is 28.2 Å². The largest absolute Gasteiger partial charge is 0.546 e. The Labute approximate surface area is 211 Å². The second kappa shape index (κ2) is 10.2. The number of aryl methyl sites for hydroxylation is 2. The predicted molar refractivity (Wildman–Crippen MR) is 138 cm³/mol. The maximum Gasteiger partial charge on any atom is 0.223 e. The summed E-state index contributed by atoms with van der Waals surface area (Å²) in [4.78, 5) is 15.8. The second-order valence-corrected chi connectivity index (χ2v) is 9.37. The van der Waals surface area contributed by atoms with Crippen LogP contribution in [0, 0.1) is 19.8 Å². The van der Waals surface area contributed by atoms with Crippen molar-refractivity contribution in [1.82, 2.24) is 4.98 Å². The molecule has 36 heavy (non-hydrogen) atoms. The first-order valence-corrected chi connectivity index (χ1v) is 12.2. The molecule has 4 aromatic rings. The van der Waals surface area contributed by atoms with Crippen LogP contribution >= 0.6 is 0 Å². The molecule has 1 aliphatic rings. The number of aromatic nitrogens is 1. The maximum atomic E-state index is 10.7. The number of carboxylic acids is 1. The van der Waals surface area contributed by atoms with Crippen LogP contribution < -0.4 is 9.84 Å². The summed E-state index contributed by atoms with van der Waals surface area (Å²) in [5.74, 6) is 0.974. The Balaban J connectivity index is 1.46. The van der Waals surface area contributed by atoms with Crippen molar-refractivity contribution in [3.05, 3.63) is 101 Å². The summed E-state index contributed by atoms with van der Waals surface area (Å²) < 4.78 is 11.8. The highest BCUT2D eigenvalue weighted by atomic mass is 16.5. The van der Waals surface area contributed by atoms with Crippen LogP contribution in [0.4, 0.5) is 0 Å². The highest BCUT2D eigenvalue weighted by Crippen LogP contribution is 2.41. The van der Waals surface area contributed by atoms with Crippen LogP contribution in [0.1, 0.15) is 35.4 Å². The lowest BCUT2D eigenvalue weighted by atomic mass is 9.93. The van der Waals surface area contributed by atoms with Crippen molar-refractivity contribution in [3.8, 4) is 28.3 Å². The molecule has 1 aromatic heterocycles. The molecule has 0 bridgehead atoms. The number of allylic oxidation sites excluding steroid dienone is 2. The van der Waals surface area contributed by atoms with Crippen molar-refractivity contribution in [2.75, 3.05) is 6.61 Å². The Kier molecular flexibility index (Phi) is 6.72. The van der Waals surface area contributed by atoms with Crippen molar-refractivity contribution in [2.24, 2.45) is 5.92 Å². The van der Waals surface area contributed by atoms with Gasteiger partial charge in [-0.1, -0.05) is 77.9 Å². The van der Waals surface area contributed by atoms with Crippen molar-refractivity contribution in [1.29, 1.82) is 0 Å². The lowest BCUT2D eigenvalue weighted by Gasteiger charge is -2.14. The van der Waals surface area contributed by atoms with E-state index in [2.05, 4.69) is 68.5 Å². The molecule has 5 nitrogen and oxygen atoms in total. The van der Waals surface area contributed by atoms with Crippen LogP contribution in [0.2, 0.25) is 0 Å². The number of rotatable bonds is 8. The van der Waals surface area contributed by atoms with E-state index in [9.17, 15) is 9.90 Å². The zero-order chi connectivity index (χ0) is 25.1. The van der Waals surface area contributed by atoms with Gasteiger partial charge in [-0.15, -0.1) is 0 Å². The molecule has 0 spiro atoms. The average Bonchev–Trinajstić information content (AvgIpc) is 3.51. The third kappa shape index (κ3) is 5.25. The molecule has 0 fully saturated rings. The minimum atomic E-state index is -1.24. The van der Waals surface area contributed by atoms with Crippen molar-refractivity contribution < 1.29 is 19.1 Å². The Bertz CT molecular complexity index is 1330. The fourth-order valence-electron chi connectivity index (χ4n) is 4.68. The van der Waals surface area contributed by atoms with Gasteiger partial charge in [-0.25, -0.2) is 4.98 Å². The number of aliphatic carboxylic acids is 1. The van der Waals surface area contributed by atoms with E-state index in [1.54, 1.807) is 6.07 Å². The third-order valence-corrected chi connectivity index (χ3v) is 6.57. The number of hydrogen-bond acceptors (Lipinski definition) is 5. The molecule has 1 atom stereocenters. The molecule has 0 N–H and O–H groups in total. The molecule has 5 rings (SSSR count).